The zero-order valence-corrected chi connectivity index (χ0v) is 9.77. The van der Waals surface area contributed by atoms with Crippen LogP contribution in [0.4, 0.5) is 0 Å². The highest BCUT2D eigenvalue weighted by molar-refractivity contribution is 7.11. The summed E-state index contributed by atoms with van der Waals surface area (Å²) in [6.45, 7) is 1.77. The zero-order chi connectivity index (χ0) is 12.4. The molecular formula is C10H9N3O3S. The number of hydrogen-bond donors (Lipinski definition) is 1. The van der Waals surface area contributed by atoms with E-state index in [0.717, 1.165) is 11.3 Å². The van der Waals surface area contributed by atoms with Gasteiger partial charge in [0.1, 0.15) is 0 Å². The van der Waals surface area contributed by atoms with Gasteiger partial charge in [0.15, 0.2) is 11.6 Å². The Labute approximate surface area is 101 Å². The fourth-order valence-corrected chi connectivity index (χ4v) is 1.89. The van der Waals surface area contributed by atoms with Crippen LogP contribution in [0, 0.1) is 0 Å². The molecule has 0 fully saturated rings. The fourth-order valence-electron chi connectivity index (χ4n) is 1.26. The van der Waals surface area contributed by atoms with Crippen molar-refractivity contribution < 1.29 is 14.7 Å². The molecule has 0 aliphatic heterocycles. The van der Waals surface area contributed by atoms with E-state index in [2.05, 4.69) is 10.1 Å². The van der Waals surface area contributed by atoms with E-state index in [1.807, 2.05) is 0 Å². The first-order chi connectivity index (χ1) is 8.11. The second-order valence-corrected chi connectivity index (χ2v) is 4.12. The van der Waals surface area contributed by atoms with Crippen LogP contribution < -0.4 is 0 Å². The van der Waals surface area contributed by atoms with Crippen molar-refractivity contribution in [2.24, 2.45) is 0 Å². The first-order valence-corrected chi connectivity index (χ1v) is 5.77. The molecule has 0 bridgehead atoms. The van der Waals surface area contributed by atoms with Gasteiger partial charge in [-0.1, -0.05) is 6.92 Å². The molecule has 0 amide bonds. The molecule has 2 aromatic heterocycles. The van der Waals surface area contributed by atoms with E-state index in [1.54, 1.807) is 18.5 Å². The maximum Gasteiger partial charge on any atom is 0.365 e. The molecule has 2 aromatic rings. The highest BCUT2D eigenvalue weighted by Crippen LogP contribution is 2.14. The quantitative estimate of drug-likeness (QED) is 0.834. The predicted molar refractivity (Wildman–Crippen MR) is 60.8 cm³/mol. The van der Waals surface area contributed by atoms with E-state index in [-0.39, 0.29) is 10.8 Å². The van der Waals surface area contributed by atoms with Crippen molar-refractivity contribution in [3.05, 3.63) is 28.3 Å². The lowest BCUT2D eigenvalue weighted by Crippen LogP contribution is -1.99. The summed E-state index contributed by atoms with van der Waals surface area (Å²) in [4.78, 5) is 26.0. The van der Waals surface area contributed by atoms with E-state index in [1.165, 1.54) is 10.9 Å². The molecular weight excluding hydrogens is 242 g/mol. The molecule has 0 aromatic carbocycles. The van der Waals surface area contributed by atoms with Crippen LogP contribution in [-0.2, 0) is 0 Å². The number of carbonyl (C=O) groups is 2. The summed E-state index contributed by atoms with van der Waals surface area (Å²) < 4.78 is 1.39. The van der Waals surface area contributed by atoms with Crippen molar-refractivity contribution in [2.45, 2.75) is 13.3 Å². The number of hydrogen-bond acceptors (Lipinski definition) is 5. The predicted octanol–water partition coefficient (Wildman–Crippen LogP) is 1.62. The maximum atomic E-state index is 11.4. The van der Waals surface area contributed by atoms with Crippen molar-refractivity contribution in [3.8, 4) is 5.82 Å². The van der Waals surface area contributed by atoms with Gasteiger partial charge in [-0.3, -0.25) is 4.79 Å². The van der Waals surface area contributed by atoms with E-state index < -0.39 is 5.97 Å². The van der Waals surface area contributed by atoms with Gasteiger partial charge >= 0.3 is 5.97 Å². The molecule has 0 saturated heterocycles. The van der Waals surface area contributed by atoms with E-state index >= 15 is 0 Å². The molecule has 0 unspecified atom stereocenters. The number of carboxylic acid groups (broad SMARTS) is 1. The molecule has 2 heterocycles. The average molecular weight is 251 g/mol. The first-order valence-electron chi connectivity index (χ1n) is 4.89. The minimum Gasteiger partial charge on any atom is -0.476 e. The van der Waals surface area contributed by atoms with Gasteiger partial charge in [-0.05, 0) is 0 Å². The van der Waals surface area contributed by atoms with Crippen LogP contribution in [0.25, 0.3) is 5.82 Å². The van der Waals surface area contributed by atoms with Gasteiger partial charge in [-0.25, -0.2) is 14.5 Å². The Morgan fingerprint density at radius 3 is 2.88 bits per heavy atom. The summed E-state index contributed by atoms with van der Waals surface area (Å²) in [5.74, 6) is -0.675. The van der Waals surface area contributed by atoms with Crippen LogP contribution in [-0.4, -0.2) is 31.6 Å². The van der Waals surface area contributed by atoms with Crippen molar-refractivity contribution in [1.82, 2.24) is 14.8 Å². The average Bonchev–Trinajstić information content (AvgIpc) is 2.95. The smallest absolute Gasteiger partial charge is 0.365 e. The Morgan fingerprint density at radius 1 is 1.53 bits per heavy atom. The number of aromatic carboxylic acids is 1. The number of rotatable bonds is 4. The first kappa shape index (κ1) is 11.5. The van der Waals surface area contributed by atoms with Crippen LogP contribution in [0.15, 0.2) is 17.8 Å². The number of aromatic nitrogens is 3. The second kappa shape index (κ2) is 4.46. The molecule has 2 rings (SSSR count). The molecule has 7 heteroatoms. The van der Waals surface area contributed by atoms with Gasteiger partial charge in [0.2, 0.25) is 5.01 Å². The van der Waals surface area contributed by atoms with Crippen LogP contribution in [0.3, 0.4) is 0 Å². The van der Waals surface area contributed by atoms with Crippen molar-refractivity contribution in [2.75, 3.05) is 0 Å². The Morgan fingerprint density at radius 2 is 2.29 bits per heavy atom. The summed E-state index contributed by atoms with van der Waals surface area (Å²) in [7, 11) is 0. The third-order valence-corrected chi connectivity index (χ3v) is 2.95. The Balaban J connectivity index is 2.30. The maximum absolute atomic E-state index is 11.4. The molecule has 0 spiro atoms. The second-order valence-electron chi connectivity index (χ2n) is 3.27. The van der Waals surface area contributed by atoms with Gasteiger partial charge in [0.05, 0.1) is 11.8 Å². The Hall–Kier alpha value is -2.02. The van der Waals surface area contributed by atoms with Crippen LogP contribution in [0.1, 0.15) is 33.5 Å². The number of thiazole rings is 1. The monoisotopic (exact) mass is 251 g/mol. The highest BCUT2D eigenvalue weighted by Gasteiger charge is 2.12. The molecule has 0 saturated carbocycles. The van der Waals surface area contributed by atoms with Gasteiger partial charge in [0.25, 0.3) is 0 Å². The van der Waals surface area contributed by atoms with Gasteiger partial charge in [-0.15, -0.1) is 11.3 Å². The molecule has 1 N–H and O–H groups in total. The van der Waals surface area contributed by atoms with Crippen molar-refractivity contribution >= 4 is 23.1 Å². The van der Waals surface area contributed by atoms with E-state index in [0.29, 0.717) is 17.8 Å². The lowest BCUT2D eigenvalue weighted by molar-refractivity contribution is 0.0696. The van der Waals surface area contributed by atoms with Gasteiger partial charge < -0.3 is 5.11 Å². The number of carboxylic acids is 1. The van der Waals surface area contributed by atoms with E-state index in [4.69, 9.17) is 5.11 Å². The molecule has 17 heavy (non-hydrogen) atoms. The molecule has 0 atom stereocenters. The minimum absolute atomic E-state index is 0.00105. The highest BCUT2D eigenvalue weighted by atomic mass is 32.1. The summed E-state index contributed by atoms with van der Waals surface area (Å²) in [5, 5.41) is 14.3. The van der Waals surface area contributed by atoms with Gasteiger partial charge in [0, 0.05) is 18.0 Å². The zero-order valence-electron chi connectivity index (χ0n) is 8.95. The van der Waals surface area contributed by atoms with Crippen LogP contribution in [0.2, 0.25) is 0 Å². The Bertz CT molecular complexity index is 573. The van der Waals surface area contributed by atoms with Crippen molar-refractivity contribution in [3.63, 3.8) is 0 Å². The van der Waals surface area contributed by atoms with Crippen molar-refractivity contribution in [1.29, 1.82) is 0 Å². The molecule has 0 aliphatic carbocycles. The summed E-state index contributed by atoms with van der Waals surface area (Å²) >= 11 is 1.02. The van der Waals surface area contributed by atoms with Crippen LogP contribution >= 0.6 is 11.3 Å². The number of carbonyl (C=O) groups excluding carboxylic acids is 1. The standard InChI is InChI=1S/C10H9N3O3S/c1-2-7(14)6-3-11-13(4-6)8-5-17-9(12-8)10(15)16/h3-5H,2H2,1H3,(H,15,16). The lowest BCUT2D eigenvalue weighted by Gasteiger charge is -1.93. The number of nitrogens with zero attached hydrogens (tertiary/aromatic N) is 3. The summed E-state index contributed by atoms with van der Waals surface area (Å²) in [5.41, 5.74) is 0.498. The normalized spacial score (nSPS) is 10.4. The largest absolute Gasteiger partial charge is 0.476 e. The Kier molecular flexibility index (Phi) is 3.01. The molecule has 0 radical (unpaired) electrons. The summed E-state index contributed by atoms with van der Waals surface area (Å²) in [6.07, 6.45) is 3.40. The van der Waals surface area contributed by atoms with Crippen LogP contribution in [0.5, 0.6) is 0 Å². The minimum atomic E-state index is -1.07. The third kappa shape index (κ3) is 2.23. The topological polar surface area (TPSA) is 85.1 Å². The number of ketones is 1. The summed E-state index contributed by atoms with van der Waals surface area (Å²) in [6, 6.07) is 0. The number of Topliss-reactive ketones (excluding diaryl/α,β-unsaturated/α-hetero) is 1. The SMILES string of the molecule is CCC(=O)c1cnn(-c2csc(C(=O)O)n2)c1. The third-order valence-electron chi connectivity index (χ3n) is 2.14. The molecule has 88 valence electrons. The van der Waals surface area contributed by atoms with Gasteiger partial charge in [-0.2, -0.15) is 5.10 Å². The molecule has 6 nitrogen and oxygen atoms in total. The molecule has 0 aliphatic rings. The fraction of sp³-hybridized carbons (Fsp3) is 0.200. The lowest BCUT2D eigenvalue weighted by atomic mass is 10.2. The van der Waals surface area contributed by atoms with E-state index in [9.17, 15) is 9.59 Å².